The fourth-order valence-electron chi connectivity index (χ4n) is 1.32. The summed E-state index contributed by atoms with van der Waals surface area (Å²) in [4.78, 5) is 0. The van der Waals surface area contributed by atoms with Gasteiger partial charge in [0.1, 0.15) is 12.2 Å². The van der Waals surface area contributed by atoms with E-state index in [-0.39, 0.29) is 6.10 Å². The van der Waals surface area contributed by atoms with Crippen LogP contribution in [0.1, 0.15) is 27.2 Å². The van der Waals surface area contributed by atoms with Gasteiger partial charge in [-0.25, -0.2) is 4.57 Å². The minimum Gasteiger partial charge on any atom is -0.369 e. The van der Waals surface area contributed by atoms with Crippen LogP contribution in [0.5, 0.6) is 0 Å². The summed E-state index contributed by atoms with van der Waals surface area (Å²) in [5, 5.41) is 0. The molecule has 15 heavy (non-hydrogen) atoms. The molecule has 1 atom stereocenters. The Bertz CT molecular complexity index is 223. The van der Waals surface area contributed by atoms with Crippen LogP contribution in [0, 0.1) is 6.10 Å². The molecule has 0 aromatic carbocycles. The molecule has 0 spiro atoms. The van der Waals surface area contributed by atoms with Crippen LogP contribution in [0.2, 0.25) is 0 Å². The standard InChI is InChI=1S/C9H18O5P/c1-4-12-15(10,13-5-2)14-9-6-7-11-8(9)3/h9H,4-7H2,1-3H3. The van der Waals surface area contributed by atoms with Crippen LogP contribution in [-0.2, 0) is 22.9 Å². The monoisotopic (exact) mass is 237 g/mol. The molecule has 0 N–H and O–H groups in total. The van der Waals surface area contributed by atoms with Gasteiger partial charge in [0.2, 0.25) is 0 Å². The zero-order chi connectivity index (χ0) is 11.3. The molecule has 0 aromatic heterocycles. The molecule has 1 rings (SSSR count). The van der Waals surface area contributed by atoms with Crippen molar-refractivity contribution in [1.29, 1.82) is 0 Å². The zero-order valence-corrected chi connectivity index (χ0v) is 10.3. The molecule has 1 radical (unpaired) electrons. The SMILES string of the molecule is CCOP(=O)(OCC)OC1CCO[C]1C. The van der Waals surface area contributed by atoms with E-state index in [9.17, 15) is 4.57 Å². The normalized spacial score (nSPS) is 23.5. The van der Waals surface area contributed by atoms with Gasteiger partial charge in [-0.05, 0) is 20.8 Å². The molecular weight excluding hydrogens is 219 g/mol. The van der Waals surface area contributed by atoms with E-state index in [2.05, 4.69) is 0 Å². The fourth-order valence-corrected chi connectivity index (χ4v) is 2.71. The molecule has 0 aromatic rings. The number of hydrogen-bond acceptors (Lipinski definition) is 5. The largest absolute Gasteiger partial charge is 0.475 e. The number of phosphoric acid groups is 1. The van der Waals surface area contributed by atoms with Crippen molar-refractivity contribution in [1.82, 2.24) is 0 Å². The molecule has 1 aliphatic rings. The number of phosphoric ester groups is 1. The summed E-state index contributed by atoms with van der Waals surface area (Å²) in [6.07, 6.45) is 1.14. The van der Waals surface area contributed by atoms with Gasteiger partial charge in [0, 0.05) is 6.42 Å². The van der Waals surface area contributed by atoms with Gasteiger partial charge in [-0.3, -0.25) is 13.6 Å². The topological polar surface area (TPSA) is 54.0 Å². The van der Waals surface area contributed by atoms with Gasteiger partial charge >= 0.3 is 7.82 Å². The van der Waals surface area contributed by atoms with Gasteiger partial charge in [-0.1, -0.05) is 0 Å². The lowest BCUT2D eigenvalue weighted by atomic mass is 10.2. The maximum absolute atomic E-state index is 12.0. The Morgan fingerprint density at radius 2 is 2.00 bits per heavy atom. The maximum Gasteiger partial charge on any atom is 0.475 e. The Hall–Kier alpha value is 0.0700. The molecule has 1 fully saturated rings. The van der Waals surface area contributed by atoms with Crippen molar-refractivity contribution in [3.05, 3.63) is 6.10 Å². The number of hydrogen-bond donors (Lipinski definition) is 0. The van der Waals surface area contributed by atoms with E-state index < -0.39 is 7.82 Å². The Kier molecular flexibility index (Phi) is 5.23. The van der Waals surface area contributed by atoms with Crippen LogP contribution in [0.15, 0.2) is 0 Å². The van der Waals surface area contributed by atoms with Crippen LogP contribution < -0.4 is 0 Å². The van der Waals surface area contributed by atoms with Gasteiger partial charge in [0.15, 0.2) is 0 Å². The molecule has 1 heterocycles. The molecule has 0 bridgehead atoms. The first kappa shape index (κ1) is 13.1. The van der Waals surface area contributed by atoms with Gasteiger partial charge in [-0.15, -0.1) is 0 Å². The lowest BCUT2D eigenvalue weighted by molar-refractivity contribution is 0.0777. The van der Waals surface area contributed by atoms with E-state index in [0.717, 1.165) is 6.10 Å². The molecule has 1 saturated heterocycles. The predicted molar refractivity (Wildman–Crippen MR) is 55.2 cm³/mol. The first-order valence-electron chi connectivity index (χ1n) is 5.15. The van der Waals surface area contributed by atoms with Crippen LogP contribution in [0.4, 0.5) is 0 Å². The summed E-state index contributed by atoms with van der Waals surface area (Å²) < 4.78 is 32.6. The van der Waals surface area contributed by atoms with Crippen LogP contribution in [0.25, 0.3) is 0 Å². The highest BCUT2D eigenvalue weighted by molar-refractivity contribution is 7.48. The average Bonchev–Trinajstić information content (AvgIpc) is 2.52. The molecule has 89 valence electrons. The molecule has 1 aliphatic heterocycles. The summed E-state index contributed by atoms with van der Waals surface area (Å²) >= 11 is 0. The van der Waals surface area contributed by atoms with E-state index in [0.29, 0.717) is 26.2 Å². The van der Waals surface area contributed by atoms with E-state index >= 15 is 0 Å². The average molecular weight is 237 g/mol. The van der Waals surface area contributed by atoms with Gasteiger partial charge in [-0.2, -0.15) is 0 Å². The highest BCUT2D eigenvalue weighted by atomic mass is 31.2. The number of ether oxygens (including phenoxy) is 1. The fraction of sp³-hybridized carbons (Fsp3) is 0.889. The van der Waals surface area contributed by atoms with E-state index in [1.165, 1.54) is 0 Å². The molecule has 0 aliphatic carbocycles. The van der Waals surface area contributed by atoms with Gasteiger partial charge in [0.05, 0.1) is 19.8 Å². The minimum absolute atomic E-state index is 0.283. The van der Waals surface area contributed by atoms with Crippen molar-refractivity contribution < 1.29 is 22.9 Å². The molecule has 0 amide bonds. The first-order valence-corrected chi connectivity index (χ1v) is 6.61. The Labute approximate surface area is 90.7 Å². The third kappa shape index (κ3) is 3.85. The second-order valence-corrected chi connectivity index (χ2v) is 4.75. The Balaban J connectivity index is 2.53. The summed E-state index contributed by atoms with van der Waals surface area (Å²) in [6.45, 7) is 6.48. The van der Waals surface area contributed by atoms with E-state index in [1.54, 1.807) is 20.8 Å². The lowest BCUT2D eigenvalue weighted by Gasteiger charge is -2.21. The maximum atomic E-state index is 12.0. The van der Waals surface area contributed by atoms with E-state index in [1.807, 2.05) is 0 Å². The summed E-state index contributed by atoms with van der Waals surface area (Å²) in [5.74, 6) is 0. The summed E-state index contributed by atoms with van der Waals surface area (Å²) in [5.41, 5.74) is 0. The molecule has 5 nitrogen and oxygen atoms in total. The molecule has 1 unspecified atom stereocenters. The zero-order valence-electron chi connectivity index (χ0n) is 9.39. The van der Waals surface area contributed by atoms with Gasteiger partial charge in [0.25, 0.3) is 0 Å². The molecule has 6 heteroatoms. The predicted octanol–water partition coefficient (Wildman–Crippen LogP) is 2.52. The second-order valence-electron chi connectivity index (χ2n) is 3.12. The quantitative estimate of drug-likeness (QED) is 0.664. The van der Waals surface area contributed by atoms with Crippen molar-refractivity contribution in [3.63, 3.8) is 0 Å². The summed E-state index contributed by atoms with van der Waals surface area (Å²) in [7, 11) is -3.41. The first-order chi connectivity index (χ1) is 7.11. The Morgan fingerprint density at radius 3 is 2.40 bits per heavy atom. The van der Waals surface area contributed by atoms with Crippen molar-refractivity contribution >= 4 is 7.82 Å². The van der Waals surface area contributed by atoms with Gasteiger partial charge < -0.3 is 4.74 Å². The third-order valence-electron chi connectivity index (χ3n) is 1.99. The van der Waals surface area contributed by atoms with Crippen LogP contribution in [-0.4, -0.2) is 25.9 Å². The van der Waals surface area contributed by atoms with E-state index in [4.69, 9.17) is 18.3 Å². The molecular formula is C9H18O5P. The highest BCUT2D eigenvalue weighted by Crippen LogP contribution is 2.52. The van der Waals surface area contributed by atoms with Crippen molar-refractivity contribution in [2.75, 3.05) is 19.8 Å². The lowest BCUT2D eigenvalue weighted by Crippen LogP contribution is -2.15. The van der Waals surface area contributed by atoms with Crippen LogP contribution >= 0.6 is 7.82 Å². The van der Waals surface area contributed by atoms with Crippen LogP contribution in [0.3, 0.4) is 0 Å². The highest BCUT2D eigenvalue weighted by Gasteiger charge is 2.36. The van der Waals surface area contributed by atoms with Crippen molar-refractivity contribution in [3.8, 4) is 0 Å². The number of rotatable bonds is 6. The minimum atomic E-state index is -3.41. The molecule has 0 saturated carbocycles. The summed E-state index contributed by atoms with van der Waals surface area (Å²) in [6, 6.07) is 0. The smallest absolute Gasteiger partial charge is 0.369 e. The van der Waals surface area contributed by atoms with Crippen molar-refractivity contribution in [2.24, 2.45) is 0 Å². The second kappa shape index (κ2) is 5.97. The Morgan fingerprint density at radius 1 is 1.40 bits per heavy atom. The van der Waals surface area contributed by atoms with Crippen molar-refractivity contribution in [2.45, 2.75) is 33.3 Å². The third-order valence-corrected chi connectivity index (χ3v) is 3.66.